The van der Waals surface area contributed by atoms with Gasteiger partial charge < -0.3 is 4.42 Å². The molecule has 0 saturated heterocycles. The summed E-state index contributed by atoms with van der Waals surface area (Å²) in [4.78, 5) is 24.0. The summed E-state index contributed by atoms with van der Waals surface area (Å²) in [5, 5.41) is 26.0. The number of carbonyl (C=O) groups is 1. The minimum atomic E-state index is -0.435. The zero-order valence-corrected chi connectivity index (χ0v) is 17.6. The summed E-state index contributed by atoms with van der Waals surface area (Å²) in [6.45, 7) is 5.41. The Labute approximate surface area is 183 Å². The number of hydrazone groups is 1. The fraction of sp³-hybridized carbons (Fsp3) is 0.125. The molecule has 4 rings (SSSR count). The van der Waals surface area contributed by atoms with Crippen LogP contribution in [0.25, 0.3) is 17.4 Å². The molecule has 8 heteroatoms. The predicted molar refractivity (Wildman–Crippen MR) is 120 cm³/mol. The van der Waals surface area contributed by atoms with Crippen molar-refractivity contribution in [2.24, 2.45) is 5.10 Å². The van der Waals surface area contributed by atoms with Crippen molar-refractivity contribution in [2.75, 3.05) is 5.01 Å². The molecule has 0 radical (unpaired) electrons. The molecule has 1 amide bonds. The van der Waals surface area contributed by atoms with Crippen LogP contribution in [-0.2, 0) is 4.79 Å². The molecular formula is C24H18N4O4. The van der Waals surface area contributed by atoms with E-state index in [2.05, 4.69) is 5.10 Å². The zero-order valence-electron chi connectivity index (χ0n) is 17.6. The molecule has 0 atom stereocenters. The molecule has 0 fully saturated rings. The van der Waals surface area contributed by atoms with E-state index < -0.39 is 4.92 Å². The van der Waals surface area contributed by atoms with Crippen molar-refractivity contribution >= 4 is 29.1 Å². The first-order valence-corrected chi connectivity index (χ1v) is 9.76. The Morgan fingerprint density at radius 2 is 1.78 bits per heavy atom. The van der Waals surface area contributed by atoms with Crippen molar-refractivity contribution in [2.45, 2.75) is 20.8 Å². The molecular weight excluding hydrogens is 408 g/mol. The van der Waals surface area contributed by atoms with Crippen LogP contribution in [0.1, 0.15) is 29.4 Å². The van der Waals surface area contributed by atoms with Crippen LogP contribution in [0, 0.1) is 35.3 Å². The van der Waals surface area contributed by atoms with Crippen LogP contribution in [0.3, 0.4) is 0 Å². The van der Waals surface area contributed by atoms with Gasteiger partial charge in [-0.25, -0.2) is 0 Å². The van der Waals surface area contributed by atoms with Crippen molar-refractivity contribution in [1.29, 1.82) is 5.26 Å². The van der Waals surface area contributed by atoms with E-state index in [0.29, 0.717) is 39.6 Å². The fourth-order valence-electron chi connectivity index (χ4n) is 3.40. The number of nitrogens with zero attached hydrogens (tertiary/aromatic N) is 4. The van der Waals surface area contributed by atoms with Crippen molar-refractivity contribution in [3.8, 4) is 17.4 Å². The molecule has 2 heterocycles. The predicted octanol–water partition coefficient (Wildman–Crippen LogP) is 5.15. The molecule has 8 nitrogen and oxygen atoms in total. The number of hydrogen-bond donors (Lipinski definition) is 0. The largest absolute Gasteiger partial charge is 0.456 e. The van der Waals surface area contributed by atoms with Gasteiger partial charge in [0.25, 0.3) is 11.6 Å². The van der Waals surface area contributed by atoms with Gasteiger partial charge in [-0.05, 0) is 80.4 Å². The van der Waals surface area contributed by atoms with E-state index in [1.54, 1.807) is 55.5 Å². The maximum Gasteiger partial charge on any atom is 0.280 e. The van der Waals surface area contributed by atoms with Crippen molar-refractivity contribution in [3.63, 3.8) is 0 Å². The summed E-state index contributed by atoms with van der Waals surface area (Å²) in [5.74, 6) is 0.394. The van der Waals surface area contributed by atoms with Crippen LogP contribution >= 0.6 is 0 Å². The minimum absolute atomic E-state index is 0.0386. The Hall–Kier alpha value is -4.51. The topological polar surface area (TPSA) is 113 Å². The van der Waals surface area contributed by atoms with E-state index in [1.807, 2.05) is 19.9 Å². The standard InChI is InChI=1S/C24H18N4O4/c1-14-10-21(22(28(30)31)11-15(14)2)23-9-8-19(32-23)12-20-16(3)26-27(24(20)29)18-6-4-17(13-25)5-7-18/h4-12H,1-3H3/b20-12-. The first-order valence-electron chi connectivity index (χ1n) is 9.76. The van der Waals surface area contributed by atoms with Crippen LogP contribution in [0.2, 0.25) is 0 Å². The highest BCUT2D eigenvalue weighted by molar-refractivity contribution is 6.32. The average Bonchev–Trinajstić information content (AvgIpc) is 3.35. The lowest BCUT2D eigenvalue weighted by Gasteiger charge is -2.11. The summed E-state index contributed by atoms with van der Waals surface area (Å²) in [5.41, 5.74) is 3.96. The highest BCUT2D eigenvalue weighted by atomic mass is 16.6. The molecule has 3 aromatic rings. The number of anilines is 1. The molecule has 32 heavy (non-hydrogen) atoms. The third kappa shape index (κ3) is 3.68. The molecule has 1 aromatic heterocycles. The Bertz CT molecular complexity index is 1360. The lowest BCUT2D eigenvalue weighted by molar-refractivity contribution is -0.384. The number of rotatable bonds is 4. The van der Waals surface area contributed by atoms with Crippen molar-refractivity contribution in [1.82, 2.24) is 0 Å². The molecule has 1 aliphatic heterocycles. The number of nitriles is 1. The van der Waals surface area contributed by atoms with E-state index in [1.165, 1.54) is 11.1 Å². The lowest BCUT2D eigenvalue weighted by Crippen LogP contribution is -2.21. The third-order valence-corrected chi connectivity index (χ3v) is 5.29. The summed E-state index contributed by atoms with van der Waals surface area (Å²) in [7, 11) is 0. The van der Waals surface area contributed by atoms with Crippen LogP contribution in [-0.4, -0.2) is 16.5 Å². The van der Waals surface area contributed by atoms with Crippen LogP contribution in [0.15, 0.2) is 63.6 Å². The molecule has 0 saturated carbocycles. The van der Waals surface area contributed by atoms with E-state index in [4.69, 9.17) is 9.68 Å². The van der Waals surface area contributed by atoms with Crippen molar-refractivity contribution in [3.05, 3.63) is 86.7 Å². The van der Waals surface area contributed by atoms with E-state index in [-0.39, 0.29) is 11.6 Å². The Kier molecular flexibility index (Phi) is 5.16. The van der Waals surface area contributed by atoms with Gasteiger partial charge >= 0.3 is 0 Å². The van der Waals surface area contributed by atoms with E-state index >= 15 is 0 Å². The van der Waals surface area contributed by atoms with Gasteiger partial charge in [-0.3, -0.25) is 14.9 Å². The minimum Gasteiger partial charge on any atom is -0.456 e. The maximum absolute atomic E-state index is 12.9. The molecule has 0 unspecified atom stereocenters. The maximum atomic E-state index is 12.9. The molecule has 0 spiro atoms. The van der Waals surface area contributed by atoms with Gasteiger partial charge in [-0.15, -0.1) is 0 Å². The summed E-state index contributed by atoms with van der Waals surface area (Å²) in [6.07, 6.45) is 1.57. The Morgan fingerprint density at radius 1 is 1.09 bits per heavy atom. The fourth-order valence-corrected chi connectivity index (χ4v) is 3.40. The summed E-state index contributed by atoms with van der Waals surface area (Å²) < 4.78 is 5.84. The van der Waals surface area contributed by atoms with E-state index in [0.717, 1.165) is 11.1 Å². The highest BCUT2D eigenvalue weighted by Gasteiger charge is 2.29. The second-order valence-corrected chi connectivity index (χ2v) is 7.43. The Balaban J connectivity index is 1.66. The van der Waals surface area contributed by atoms with Crippen molar-refractivity contribution < 1.29 is 14.1 Å². The SMILES string of the molecule is CC1=NN(c2ccc(C#N)cc2)C(=O)/C1=C\c1ccc(-c2cc(C)c(C)cc2[N+](=O)[O-])o1. The molecule has 2 aromatic carbocycles. The molecule has 0 N–H and O–H groups in total. The normalized spacial score (nSPS) is 14.6. The van der Waals surface area contributed by atoms with Gasteiger partial charge in [0.1, 0.15) is 11.5 Å². The van der Waals surface area contributed by atoms with Gasteiger partial charge in [-0.1, -0.05) is 0 Å². The van der Waals surface area contributed by atoms with Crippen LogP contribution < -0.4 is 5.01 Å². The average molecular weight is 426 g/mol. The zero-order chi connectivity index (χ0) is 23.0. The molecule has 1 aliphatic rings. The van der Waals surface area contributed by atoms with Gasteiger partial charge in [0.2, 0.25) is 0 Å². The number of benzene rings is 2. The number of amides is 1. The van der Waals surface area contributed by atoms with E-state index in [9.17, 15) is 14.9 Å². The monoisotopic (exact) mass is 426 g/mol. The van der Waals surface area contributed by atoms with Gasteiger partial charge in [0.05, 0.1) is 39.1 Å². The van der Waals surface area contributed by atoms with Gasteiger partial charge in [0.15, 0.2) is 0 Å². The second kappa shape index (κ2) is 7.96. The lowest BCUT2D eigenvalue weighted by atomic mass is 10.0. The first kappa shape index (κ1) is 20.8. The first-order chi connectivity index (χ1) is 15.3. The quantitative estimate of drug-likeness (QED) is 0.325. The highest BCUT2D eigenvalue weighted by Crippen LogP contribution is 2.34. The molecule has 158 valence electrons. The second-order valence-electron chi connectivity index (χ2n) is 7.43. The number of nitro benzene ring substituents is 1. The number of hydrogen-bond acceptors (Lipinski definition) is 6. The third-order valence-electron chi connectivity index (χ3n) is 5.29. The smallest absolute Gasteiger partial charge is 0.280 e. The number of carbonyl (C=O) groups excluding carboxylic acids is 1. The van der Waals surface area contributed by atoms with Crippen LogP contribution in [0.4, 0.5) is 11.4 Å². The molecule has 0 aliphatic carbocycles. The van der Waals surface area contributed by atoms with Crippen LogP contribution in [0.5, 0.6) is 0 Å². The van der Waals surface area contributed by atoms with Gasteiger partial charge in [0, 0.05) is 6.07 Å². The van der Waals surface area contributed by atoms with Gasteiger partial charge in [-0.2, -0.15) is 15.4 Å². The summed E-state index contributed by atoms with van der Waals surface area (Å²) in [6, 6.07) is 15.1. The summed E-state index contributed by atoms with van der Waals surface area (Å²) >= 11 is 0. The number of nitro groups is 1. The Morgan fingerprint density at radius 3 is 2.44 bits per heavy atom. The number of aryl methyl sites for hydroxylation is 2. The number of furan rings is 1. The molecule has 0 bridgehead atoms.